The van der Waals surface area contributed by atoms with Crippen molar-refractivity contribution in [3.05, 3.63) is 23.8 Å². The Morgan fingerprint density at radius 1 is 1.44 bits per heavy atom. The third-order valence-corrected chi connectivity index (χ3v) is 2.83. The number of nitrogens with zero attached hydrogens (tertiary/aromatic N) is 2. The summed E-state index contributed by atoms with van der Waals surface area (Å²) in [5.74, 6) is 1.32. The Morgan fingerprint density at radius 3 is 2.88 bits per heavy atom. The number of hydrogen-bond acceptors (Lipinski definition) is 4. The minimum Gasteiger partial charge on any atom is -0.381 e. The van der Waals surface area contributed by atoms with E-state index in [1.165, 1.54) is 0 Å². The van der Waals surface area contributed by atoms with Crippen molar-refractivity contribution in [3.63, 3.8) is 0 Å². The van der Waals surface area contributed by atoms with E-state index in [9.17, 15) is 0 Å². The lowest BCUT2D eigenvalue weighted by molar-refractivity contribution is 0.0780. The topological polar surface area (TPSA) is 47.0 Å². The lowest BCUT2D eigenvalue weighted by Gasteiger charge is -2.20. The Hall–Kier alpha value is -1.00. The van der Waals surface area contributed by atoms with Gasteiger partial charge in [0.1, 0.15) is 5.82 Å². The van der Waals surface area contributed by atoms with Gasteiger partial charge in [-0.2, -0.15) is 0 Å². The van der Waals surface area contributed by atoms with Gasteiger partial charge >= 0.3 is 0 Å². The van der Waals surface area contributed by atoms with Crippen LogP contribution in [0.15, 0.2) is 12.4 Å². The largest absolute Gasteiger partial charge is 0.381 e. The van der Waals surface area contributed by atoms with Crippen LogP contribution in [0, 0.1) is 0 Å². The second-order valence-corrected chi connectivity index (χ2v) is 4.14. The summed E-state index contributed by atoms with van der Waals surface area (Å²) in [5.41, 5.74) is 1.14. The first-order valence-electron chi connectivity index (χ1n) is 5.99. The second-order valence-electron chi connectivity index (χ2n) is 4.14. The number of ether oxygens (including phenoxy) is 1. The van der Waals surface area contributed by atoms with Gasteiger partial charge in [-0.3, -0.25) is 0 Å². The van der Waals surface area contributed by atoms with E-state index >= 15 is 0 Å². The molecule has 0 aliphatic carbocycles. The van der Waals surface area contributed by atoms with Crippen LogP contribution in [0.1, 0.15) is 37.1 Å². The van der Waals surface area contributed by atoms with Crippen LogP contribution < -0.4 is 5.32 Å². The number of rotatable bonds is 4. The summed E-state index contributed by atoms with van der Waals surface area (Å²) in [5, 5.41) is 3.26. The van der Waals surface area contributed by atoms with Crippen molar-refractivity contribution in [2.24, 2.45) is 0 Å². The quantitative estimate of drug-likeness (QED) is 0.836. The lowest BCUT2D eigenvalue weighted by Crippen LogP contribution is -2.18. The van der Waals surface area contributed by atoms with Crippen LogP contribution in [0.5, 0.6) is 0 Å². The van der Waals surface area contributed by atoms with Crippen LogP contribution in [0.3, 0.4) is 0 Å². The fourth-order valence-electron chi connectivity index (χ4n) is 1.88. The van der Waals surface area contributed by atoms with Crippen LogP contribution >= 0.6 is 0 Å². The molecule has 1 aliphatic heterocycles. The third-order valence-electron chi connectivity index (χ3n) is 2.83. The molecule has 0 bridgehead atoms. The molecule has 2 heterocycles. The van der Waals surface area contributed by atoms with Crippen LogP contribution in [0.4, 0.5) is 0 Å². The Kier molecular flexibility index (Phi) is 4.25. The van der Waals surface area contributed by atoms with E-state index in [0.29, 0.717) is 5.92 Å². The molecule has 0 saturated carbocycles. The molecule has 4 nitrogen and oxygen atoms in total. The Bertz CT molecular complexity index is 307. The van der Waals surface area contributed by atoms with Crippen LogP contribution in [-0.4, -0.2) is 29.7 Å². The highest BCUT2D eigenvalue weighted by molar-refractivity contribution is 5.07. The Morgan fingerprint density at radius 2 is 2.25 bits per heavy atom. The average molecular weight is 221 g/mol. The highest BCUT2D eigenvalue weighted by atomic mass is 16.5. The molecule has 2 rings (SSSR count). The van der Waals surface area contributed by atoms with Gasteiger partial charge in [0.25, 0.3) is 0 Å². The first-order valence-corrected chi connectivity index (χ1v) is 5.99. The van der Waals surface area contributed by atoms with E-state index in [-0.39, 0.29) is 0 Å². The fraction of sp³-hybridized carbons (Fsp3) is 0.667. The summed E-state index contributed by atoms with van der Waals surface area (Å²) >= 11 is 0. The minimum atomic E-state index is 0.391. The van der Waals surface area contributed by atoms with Crippen molar-refractivity contribution >= 4 is 0 Å². The second kappa shape index (κ2) is 5.92. The maximum Gasteiger partial charge on any atom is 0.133 e. The van der Waals surface area contributed by atoms with Crippen molar-refractivity contribution in [3.8, 4) is 0 Å². The molecule has 88 valence electrons. The highest BCUT2D eigenvalue weighted by Crippen LogP contribution is 2.21. The molecule has 0 aromatic carbocycles. The smallest absolute Gasteiger partial charge is 0.133 e. The van der Waals surface area contributed by atoms with Gasteiger partial charge in [0, 0.05) is 37.0 Å². The maximum atomic E-state index is 5.44. The molecular weight excluding hydrogens is 202 g/mol. The maximum absolute atomic E-state index is 5.44. The number of hydrogen-bond donors (Lipinski definition) is 1. The molecular formula is C12H19N3O. The summed E-state index contributed by atoms with van der Waals surface area (Å²) in [6, 6.07) is 0. The summed E-state index contributed by atoms with van der Waals surface area (Å²) in [6.45, 7) is 5.56. The molecule has 1 saturated heterocycles. The van der Waals surface area contributed by atoms with Gasteiger partial charge in [0.2, 0.25) is 0 Å². The molecule has 1 fully saturated rings. The Labute approximate surface area is 96.4 Å². The van der Waals surface area contributed by atoms with Gasteiger partial charge in [0.15, 0.2) is 0 Å². The fourth-order valence-corrected chi connectivity index (χ4v) is 1.88. The van der Waals surface area contributed by atoms with Crippen molar-refractivity contribution in [1.29, 1.82) is 0 Å². The van der Waals surface area contributed by atoms with Gasteiger partial charge in [0.05, 0.1) is 6.61 Å². The molecule has 0 amide bonds. The van der Waals surface area contributed by atoms with Crippen molar-refractivity contribution in [2.45, 2.75) is 32.2 Å². The monoisotopic (exact) mass is 221 g/mol. The van der Waals surface area contributed by atoms with Crippen LogP contribution in [0.25, 0.3) is 0 Å². The minimum absolute atomic E-state index is 0.391. The zero-order chi connectivity index (χ0) is 11.2. The zero-order valence-corrected chi connectivity index (χ0v) is 9.78. The predicted molar refractivity (Wildman–Crippen MR) is 62.2 cm³/mol. The normalized spacial score (nSPS) is 20.9. The Balaban J connectivity index is 1.95. The molecule has 1 atom stereocenters. The van der Waals surface area contributed by atoms with E-state index in [1.807, 2.05) is 12.4 Å². The van der Waals surface area contributed by atoms with Gasteiger partial charge < -0.3 is 10.1 Å². The van der Waals surface area contributed by atoms with Crippen molar-refractivity contribution in [1.82, 2.24) is 15.3 Å². The lowest BCUT2D eigenvalue weighted by atomic mass is 10.0. The first kappa shape index (κ1) is 11.5. The molecule has 1 aliphatic rings. The van der Waals surface area contributed by atoms with Crippen LogP contribution in [0.2, 0.25) is 0 Å². The van der Waals surface area contributed by atoms with Gasteiger partial charge in [-0.25, -0.2) is 9.97 Å². The standard InChI is InChI=1S/C12H19N3O/c1-2-13-6-10-7-14-12(15-8-10)11-4-3-5-16-9-11/h7-8,11,13H,2-6,9H2,1H3. The van der Waals surface area contributed by atoms with E-state index in [0.717, 1.165) is 50.5 Å². The average Bonchev–Trinajstić information content (AvgIpc) is 2.38. The van der Waals surface area contributed by atoms with E-state index < -0.39 is 0 Å². The SMILES string of the molecule is CCNCc1cnc(C2CCCOC2)nc1. The van der Waals surface area contributed by atoms with Gasteiger partial charge in [-0.15, -0.1) is 0 Å². The van der Waals surface area contributed by atoms with E-state index in [4.69, 9.17) is 4.74 Å². The van der Waals surface area contributed by atoms with Gasteiger partial charge in [-0.1, -0.05) is 6.92 Å². The zero-order valence-electron chi connectivity index (χ0n) is 9.78. The number of nitrogens with one attached hydrogen (secondary N) is 1. The van der Waals surface area contributed by atoms with Gasteiger partial charge in [-0.05, 0) is 19.4 Å². The van der Waals surface area contributed by atoms with E-state index in [1.54, 1.807) is 0 Å². The summed E-state index contributed by atoms with van der Waals surface area (Å²) in [6.07, 6.45) is 6.10. The molecule has 0 spiro atoms. The van der Waals surface area contributed by atoms with E-state index in [2.05, 4.69) is 22.2 Å². The predicted octanol–water partition coefficient (Wildman–Crippen LogP) is 1.48. The molecule has 1 N–H and O–H groups in total. The molecule has 1 aromatic heterocycles. The number of aromatic nitrogens is 2. The molecule has 0 radical (unpaired) electrons. The molecule has 16 heavy (non-hydrogen) atoms. The summed E-state index contributed by atoms with van der Waals surface area (Å²) in [7, 11) is 0. The van der Waals surface area contributed by atoms with Crippen molar-refractivity contribution < 1.29 is 4.74 Å². The highest BCUT2D eigenvalue weighted by Gasteiger charge is 2.18. The molecule has 4 heteroatoms. The summed E-state index contributed by atoms with van der Waals surface area (Å²) < 4.78 is 5.44. The van der Waals surface area contributed by atoms with Crippen molar-refractivity contribution in [2.75, 3.05) is 19.8 Å². The summed E-state index contributed by atoms with van der Waals surface area (Å²) in [4.78, 5) is 8.85. The third kappa shape index (κ3) is 3.00. The first-order chi connectivity index (χ1) is 7.90. The molecule has 1 unspecified atom stereocenters. The van der Waals surface area contributed by atoms with Crippen LogP contribution in [-0.2, 0) is 11.3 Å². The molecule has 1 aromatic rings.